The molecule has 4 heteroatoms. The van der Waals surface area contributed by atoms with Crippen molar-refractivity contribution in [2.24, 2.45) is 0 Å². The van der Waals surface area contributed by atoms with E-state index in [9.17, 15) is 0 Å². The van der Waals surface area contributed by atoms with Crippen molar-refractivity contribution in [3.63, 3.8) is 0 Å². The Balaban J connectivity index is 2.13. The Hall–Kier alpha value is -1.10. The van der Waals surface area contributed by atoms with Gasteiger partial charge in [-0.15, -0.1) is 0 Å². The molecule has 106 valence electrons. The van der Waals surface area contributed by atoms with Crippen LogP contribution in [0.1, 0.15) is 17.2 Å². The van der Waals surface area contributed by atoms with E-state index in [0.29, 0.717) is 6.04 Å². The first-order valence-corrected chi connectivity index (χ1v) is 6.99. The first-order chi connectivity index (χ1) is 9.24. The van der Waals surface area contributed by atoms with E-state index in [0.717, 1.165) is 38.5 Å². The first-order valence-electron chi connectivity index (χ1n) is 6.99. The minimum absolute atomic E-state index is 0.313. The lowest BCUT2D eigenvalue weighted by Gasteiger charge is -2.31. The molecule has 1 aliphatic heterocycles. The molecule has 4 nitrogen and oxygen atoms in total. The molecule has 1 heterocycles. The number of methoxy groups -OCH3 is 1. The fourth-order valence-corrected chi connectivity index (χ4v) is 2.62. The maximum atomic E-state index is 5.50. The number of rotatable bonds is 5. The van der Waals surface area contributed by atoms with Crippen LogP contribution in [0.3, 0.4) is 0 Å². The largest absolute Gasteiger partial charge is 0.496 e. The summed E-state index contributed by atoms with van der Waals surface area (Å²) >= 11 is 0. The van der Waals surface area contributed by atoms with Crippen LogP contribution in [0.15, 0.2) is 18.2 Å². The third kappa shape index (κ3) is 3.69. The molecule has 0 aromatic heterocycles. The second kappa shape index (κ2) is 6.89. The number of nitrogens with zero attached hydrogens (tertiary/aromatic N) is 1. The molecule has 2 N–H and O–H groups in total. The molecule has 2 rings (SSSR count). The van der Waals surface area contributed by atoms with Crippen molar-refractivity contribution in [2.45, 2.75) is 13.0 Å². The summed E-state index contributed by atoms with van der Waals surface area (Å²) in [6.45, 7) is 7.56. The van der Waals surface area contributed by atoms with Gasteiger partial charge in [0.25, 0.3) is 0 Å². The van der Waals surface area contributed by atoms with Crippen LogP contribution < -0.4 is 15.4 Å². The summed E-state index contributed by atoms with van der Waals surface area (Å²) in [6.07, 6.45) is 0. The molecule has 1 aliphatic rings. The molecule has 0 radical (unpaired) electrons. The van der Waals surface area contributed by atoms with E-state index in [1.54, 1.807) is 7.11 Å². The second-order valence-electron chi connectivity index (χ2n) is 5.14. The Bertz CT molecular complexity index is 402. The molecule has 1 atom stereocenters. The van der Waals surface area contributed by atoms with Crippen LogP contribution in [-0.2, 0) is 0 Å². The lowest BCUT2D eigenvalue weighted by atomic mass is 10.0. The van der Waals surface area contributed by atoms with Gasteiger partial charge in [-0.2, -0.15) is 0 Å². The Morgan fingerprint density at radius 2 is 2.11 bits per heavy atom. The van der Waals surface area contributed by atoms with Gasteiger partial charge in [0.05, 0.1) is 7.11 Å². The predicted molar refractivity (Wildman–Crippen MR) is 78.8 cm³/mol. The Morgan fingerprint density at radius 3 is 2.74 bits per heavy atom. The minimum Gasteiger partial charge on any atom is -0.496 e. The molecule has 1 aromatic rings. The van der Waals surface area contributed by atoms with Gasteiger partial charge in [0.1, 0.15) is 5.75 Å². The van der Waals surface area contributed by atoms with E-state index in [1.807, 2.05) is 7.05 Å². The summed E-state index contributed by atoms with van der Waals surface area (Å²) in [7, 11) is 3.76. The van der Waals surface area contributed by atoms with Gasteiger partial charge in [-0.1, -0.05) is 17.7 Å². The Morgan fingerprint density at radius 1 is 1.37 bits per heavy atom. The van der Waals surface area contributed by atoms with Crippen molar-refractivity contribution < 1.29 is 4.74 Å². The number of benzene rings is 1. The summed E-state index contributed by atoms with van der Waals surface area (Å²) in [6, 6.07) is 6.70. The quantitative estimate of drug-likeness (QED) is 0.836. The average molecular weight is 263 g/mol. The van der Waals surface area contributed by atoms with Gasteiger partial charge in [0.2, 0.25) is 0 Å². The van der Waals surface area contributed by atoms with Crippen molar-refractivity contribution in [1.29, 1.82) is 0 Å². The van der Waals surface area contributed by atoms with Crippen molar-refractivity contribution in [1.82, 2.24) is 15.5 Å². The molecular weight excluding hydrogens is 238 g/mol. The summed E-state index contributed by atoms with van der Waals surface area (Å²) < 4.78 is 5.50. The van der Waals surface area contributed by atoms with Crippen molar-refractivity contribution >= 4 is 0 Å². The fraction of sp³-hybridized carbons (Fsp3) is 0.600. The summed E-state index contributed by atoms with van der Waals surface area (Å²) in [4.78, 5) is 2.50. The van der Waals surface area contributed by atoms with Gasteiger partial charge in [0.15, 0.2) is 0 Å². The number of likely N-dealkylation sites (N-methyl/N-ethyl adjacent to an activating group) is 1. The van der Waals surface area contributed by atoms with E-state index in [-0.39, 0.29) is 0 Å². The third-order valence-electron chi connectivity index (χ3n) is 3.76. The van der Waals surface area contributed by atoms with Gasteiger partial charge in [-0.3, -0.25) is 4.90 Å². The number of ether oxygens (including phenoxy) is 1. The van der Waals surface area contributed by atoms with Gasteiger partial charge >= 0.3 is 0 Å². The van der Waals surface area contributed by atoms with Gasteiger partial charge in [0, 0.05) is 44.3 Å². The van der Waals surface area contributed by atoms with Crippen LogP contribution in [0.25, 0.3) is 0 Å². The van der Waals surface area contributed by atoms with Crippen LogP contribution in [0, 0.1) is 6.92 Å². The molecule has 1 saturated heterocycles. The van der Waals surface area contributed by atoms with E-state index in [2.05, 4.69) is 40.7 Å². The smallest absolute Gasteiger partial charge is 0.123 e. The summed E-state index contributed by atoms with van der Waals surface area (Å²) in [5, 5.41) is 6.82. The van der Waals surface area contributed by atoms with Crippen LogP contribution in [0.2, 0.25) is 0 Å². The molecule has 1 fully saturated rings. The monoisotopic (exact) mass is 263 g/mol. The summed E-state index contributed by atoms with van der Waals surface area (Å²) in [5.74, 6) is 0.972. The van der Waals surface area contributed by atoms with Gasteiger partial charge < -0.3 is 15.4 Å². The van der Waals surface area contributed by atoms with Crippen LogP contribution in [-0.4, -0.2) is 51.8 Å². The van der Waals surface area contributed by atoms with Crippen LogP contribution in [0.4, 0.5) is 0 Å². The zero-order valence-corrected chi connectivity index (χ0v) is 12.2. The number of piperazine rings is 1. The lowest BCUT2D eigenvalue weighted by molar-refractivity contribution is 0.217. The zero-order valence-electron chi connectivity index (χ0n) is 12.2. The first kappa shape index (κ1) is 14.3. The predicted octanol–water partition coefficient (Wildman–Crippen LogP) is 1.17. The average Bonchev–Trinajstić information content (AvgIpc) is 2.46. The van der Waals surface area contributed by atoms with E-state index >= 15 is 0 Å². The molecular formula is C15H25N3O. The minimum atomic E-state index is 0.313. The highest BCUT2D eigenvalue weighted by Gasteiger charge is 2.19. The normalized spacial score (nSPS) is 18.3. The lowest BCUT2D eigenvalue weighted by Crippen LogP contribution is -2.46. The molecule has 0 saturated carbocycles. The number of hydrogen-bond acceptors (Lipinski definition) is 4. The van der Waals surface area contributed by atoms with Crippen molar-refractivity contribution in [2.75, 3.05) is 46.9 Å². The highest BCUT2D eigenvalue weighted by Crippen LogP contribution is 2.26. The zero-order chi connectivity index (χ0) is 13.7. The topological polar surface area (TPSA) is 36.5 Å². The number of hydrogen-bond donors (Lipinski definition) is 2. The number of nitrogens with one attached hydrogen (secondary N) is 2. The van der Waals surface area contributed by atoms with Crippen molar-refractivity contribution in [3.05, 3.63) is 29.3 Å². The molecule has 1 aromatic carbocycles. The molecule has 0 amide bonds. The summed E-state index contributed by atoms with van der Waals surface area (Å²) in [5.41, 5.74) is 2.53. The van der Waals surface area contributed by atoms with E-state index < -0.39 is 0 Å². The van der Waals surface area contributed by atoms with Gasteiger partial charge in [-0.05, 0) is 20.0 Å². The van der Waals surface area contributed by atoms with Crippen molar-refractivity contribution in [3.8, 4) is 5.75 Å². The number of aryl methyl sites for hydroxylation is 1. The van der Waals surface area contributed by atoms with Crippen LogP contribution >= 0.6 is 0 Å². The van der Waals surface area contributed by atoms with Gasteiger partial charge in [-0.25, -0.2) is 0 Å². The molecule has 0 bridgehead atoms. The SMILES string of the molecule is CNC(CN1CCNCC1)c1cc(C)ccc1OC. The standard InChI is InChI=1S/C15H25N3O/c1-12-4-5-15(19-3)13(10-12)14(16-2)11-18-8-6-17-7-9-18/h4-5,10,14,16-17H,6-9,11H2,1-3H3. The Kier molecular flexibility index (Phi) is 5.19. The molecule has 1 unspecified atom stereocenters. The maximum absolute atomic E-state index is 5.50. The van der Waals surface area contributed by atoms with E-state index in [1.165, 1.54) is 11.1 Å². The highest BCUT2D eigenvalue weighted by molar-refractivity contribution is 5.39. The molecule has 0 aliphatic carbocycles. The molecule has 0 spiro atoms. The maximum Gasteiger partial charge on any atom is 0.123 e. The molecule has 19 heavy (non-hydrogen) atoms. The highest BCUT2D eigenvalue weighted by atomic mass is 16.5. The fourth-order valence-electron chi connectivity index (χ4n) is 2.62. The van der Waals surface area contributed by atoms with E-state index in [4.69, 9.17) is 4.74 Å². The third-order valence-corrected chi connectivity index (χ3v) is 3.76. The van der Waals surface area contributed by atoms with Crippen LogP contribution in [0.5, 0.6) is 5.75 Å². The Labute approximate surface area is 116 Å². The second-order valence-corrected chi connectivity index (χ2v) is 5.14.